The lowest BCUT2D eigenvalue weighted by Gasteiger charge is -2.13. The van der Waals surface area contributed by atoms with Crippen molar-refractivity contribution in [1.82, 2.24) is 0 Å². The minimum Gasteiger partial charge on any atom is -0.463 e. The van der Waals surface area contributed by atoms with Gasteiger partial charge in [0, 0.05) is 5.56 Å². The van der Waals surface area contributed by atoms with Crippen LogP contribution in [-0.2, 0) is 0 Å². The van der Waals surface area contributed by atoms with Crippen LogP contribution in [-0.4, -0.2) is 5.11 Å². The molecule has 2 rings (SSSR count). The summed E-state index contributed by atoms with van der Waals surface area (Å²) < 4.78 is 19.2. The van der Waals surface area contributed by atoms with Gasteiger partial charge in [-0.05, 0) is 50.1 Å². The first-order valence-corrected chi connectivity index (χ1v) is 5.50. The third-order valence-corrected chi connectivity index (χ3v) is 2.78. The summed E-state index contributed by atoms with van der Waals surface area (Å²) >= 11 is 0. The number of benzene rings is 1. The fourth-order valence-corrected chi connectivity index (χ4v) is 2.02. The van der Waals surface area contributed by atoms with Gasteiger partial charge in [-0.3, -0.25) is 0 Å². The Balaban J connectivity index is 2.47. The van der Waals surface area contributed by atoms with Crippen LogP contribution in [0.3, 0.4) is 0 Å². The summed E-state index contributed by atoms with van der Waals surface area (Å²) in [6.07, 6.45) is -1.05. The second kappa shape index (κ2) is 4.34. The van der Waals surface area contributed by atoms with Gasteiger partial charge in [0.25, 0.3) is 0 Å². The summed E-state index contributed by atoms with van der Waals surface area (Å²) in [5.41, 5.74) is 1.85. The Morgan fingerprint density at radius 1 is 1.18 bits per heavy atom. The molecular formula is C14H15FO2. The van der Waals surface area contributed by atoms with Crippen LogP contribution in [0, 0.1) is 26.6 Å². The number of hydrogen-bond acceptors (Lipinski definition) is 2. The van der Waals surface area contributed by atoms with Crippen LogP contribution >= 0.6 is 0 Å². The molecular weight excluding hydrogens is 219 g/mol. The smallest absolute Gasteiger partial charge is 0.140 e. The number of hydrogen-bond donors (Lipinski definition) is 1. The number of halogens is 1. The molecule has 0 aliphatic carbocycles. The minimum atomic E-state index is -1.05. The van der Waals surface area contributed by atoms with Gasteiger partial charge in [-0.1, -0.05) is 6.07 Å². The van der Waals surface area contributed by atoms with Crippen molar-refractivity contribution in [3.05, 3.63) is 58.3 Å². The largest absolute Gasteiger partial charge is 0.463 e. The van der Waals surface area contributed by atoms with Gasteiger partial charge in [-0.15, -0.1) is 0 Å². The summed E-state index contributed by atoms with van der Waals surface area (Å²) in [4.78, 5) is 0. The Bertz CT molecular complexity index is 520. The van der Waals surface area contributed by atoms with Gasteiger partial charge >= 0.3 is 0 Å². The van der Waals surface area contributed by atoms with Crippen LogP contribution in [0.15, 0.2) is 28.7 Å². The summed E-state index contributed by atoms with van der Waals surface area (Å²) in [6, 6.07) is 6.68. The number of aryl methyl sites for hydroxylation is 3. The van der Waals surface area contributed by atoms with E-state index in [0.29, 0.717) is 11.5 Å². The first kappa shape index (κ1) is 11.9. The Kier molecular flexibility index (Phi) is 3.03. The zero-order chi connectivity index (χ0) is 12.6. The van der Waals surface area contributed by atoms with Crippen LogP contribution < -0.4 is 0 Å². The molecule has 1 atom stereocenters. The van der Waals surface area contributed by atoms with Crippen LogP contribution in [0.4, 0.5) is 4.39 Å². The van der Waals surface area contributed by atoms with Crippen molar-refractivity contribution >= 4 is 0 Å². The molecule has 2 nitrogen and oxygen atoms in total. The summed E-state index contributed by atoms with van der Waals surface area (Å²) in [6.45, 7) is 5.39. The van der Waals surface area contributed by atoms with Gasteiger partial charge in [0.2, 0.25) is 0 Å². The highest BCUT2D eigenvalue weighted by Crippen LogP contribution is 2.29. The van der Waals surface area contributed by atoms with Gasteiger partial charge in [0.05, 0.1) is 0 Å². The molecule has 1 N–H and O–H groups in total. The molecule has 0 radical (unpaired) electrons. The maximum Gasteiger partial charge on any atom is 0.140 e. The fourth-order valence-electron chi connectivity index (χ4n) is 2.02. The summed E-state index contributed by atoms with van der Waals surface area (Å²) in [5.74, 6) is 0.668. The third-order valence-electron chi connectivity index (χ3n) is 2.78. The molecule has 1 aromatic carbocycles. The molecule has 90 valence electrons. The van der Waals surface area contributed by atoms with E-state index in [1.165, 1.54) is 6.07 Å². The van der Waals surface area contributed by atoms with Crippen LogP contribution in [0.2, 0.25) is 0 Å². The van der Waals surface area contributed by atoms with E-state index < -0.39 is 11.9 Å². The topological polar surface area (TPSA) is 33.4 Å². The number of rotatable bonds is 2. The maximum atomic E-state index is 13.9. The highest BCUT2D eigenvalue weighted by atomic mass is 19.1. The number of furan rings is 1. The van der Waals surface area contributed by atoms with Gasteiger partial charge in [-0.2, -0.15) is 0 Å². The molecule has 17 heavy (non-hydrogen) atoms. The van der Waals surface area contributed by atoms with Gasteiger partial charge in [0.15, 0.2) is 0 Å². The molecule has 1 unspecified atom stereocenters. The van der Waals surface area contributed by atoms with Crippen molar-refractivity contribution in [1.29, 1.82) is 0 Å². The molecule has 0 saturated heterocycles. The molecule has 0 aliphatic heterocycles. The first-order valence-electron chi connectivity index (χ1n) is 5.50. The highest BCUT2D eigenvalue weighted by Gasteiger charge is 2.20. The average molecular weight is 234 g/mol. The molecule has 2 aromatic rings. The van der Waals surface area contributed by atoms with Crippen LogP contribution in [0.25, 0.3) is 0 Å². The molecule has 0 saturated carbocycles. The summed E-state index contributed by atoms with van der Waals surface area (Å²) in [7, 11) is 0. The maximum absolute atomic E-state index is 13.9. The van der Waals surface area contributed by atoms with Crippen molar-refractivity contribution < 1.29 is 13.9 Å². The first-order chi connectivity index (χ1) is 7.99. The third kappa shape index (κ3) is 2.24. The van der Waals surface area contributed by atoms with E-state index in [9.17, 15) is 9.50 Å². The highest BCUT2D eigenvalue weighted by molar-refractivity contribution is 5.36. The van der Waals surface area contributed by atoms with E-state index in [0.717, 1.165) is 11.1 Å². The zero-order valence-corrected chi connectivity index (χ0v) is 10.1. The molecule has 0 fully saturated rings. The second-order valence-electron chi connectivity index (χ2n) is 4.33. The molecule has 0 spiro atoms. The Hall–Kier alpha value is -1.61. The average Bonchev–Trinajstić information content (AvgIpc) is 2.63. The van der Waals surface area contributed by atoms with E-state index in [4.69, 9.17) is 4.42 Å². The number of aliphatic hydroxyl groups excluding tert-OH is 1. The van der Waals surface area contributed by atoms with E-state index in [1.807, 2.05) is 13.0 Å². The van der Waals surface area contributed by atoms with Crippen molar-refractivity contribution in [2.75, 3.05) is 0 Å². The lowest BCUT2D eigenvalue weighted by atomic mass is 9.99. The normalized spacial score (nSPS) is 12.8. The Labute approximate surface area is 99.7 Å². The van der Waals surface area contributed by atoms with E-state index >= 15 is 0 Å². The number of aliphatic hydroxyl groups is 1. The van der Waals surface area contributed by atoms with Crippen LogP contribution in [0.5, 0.6) is 0 Å². The van der Waals surface area contributed by atoms with E-state index in [2.05, 4.69) is 0 Å². The molecule has 1 aromatic heterocycles. The summed E-state index contributed by atoms with van der Waals surface area (Å²) in [5, 5.41) is 10.1. The lowest BCUT2D eigenvalue weighted by Crippen LogP contribution is -2.04. The van der Waals surface area contributed by atoms with E-state index in [-0.39, 0.29) is 5.56 Å². The van der Waals surface area contributed by atoms with Crippen molar-refractivity contribution in [2.24, 2.45) is 0 Å². The monoisotopic (exact) mass is 234 g/mol. The lowest BCUT2D eigenvalue weighted by molar-refractivity contribution is 0.182. The van der Waals surface area contributed by atoms with Crippen molar-refractivity contribution in [2.45, 2.75) is 26.9 Å². The van der Waals surface area contributed by atoms with Crippen molar-refractivity contribution in [3.8, 4) is 0 Å². The van der Waals surface area contributed by atoms with Crippen molar-refractivity contribution in [3.63, 3.8) is 0 Å². The fraction of sp³-hybridized carbons (Fsp3) is 0.286. The molecule has 0 aliphatic rings. The standard InChI is InChI=1S/C14H15FO2/c1-8-6-9(2)13(11(15)7-8)14(16)12-5-4-10(3)17-12/h4-7,14,16H,1-3H3. The SMILES string of the molecule is Cc1cc(C)c(C(O)c2ccc(C)o2)c(F)c1. The molecule has 0 amide bonds. The molecule has 1 heterocycles. The predicted octanol–water partition coefficient (Wildman–Crippen LogP) is 3.43. The molecule has 3 heteroatoms. The predicted molar refractivity (Wildman–Crippen MR) is 63.4 cm³/mol. The Morgan fingerprint density at radius 3 is 2.41 bits per heavy atom. The van der Waals surface area contributed by atoms with Gasteiger partial charge in [-0.25, -0.2) is 4.39 Å². The zero-order valence-electron chi connectivity index (χ0n) is 10.1. The van der Waals surface area contributed by atoms with E-state index in [1.54, 1.807) is 26.0 Å². The quantitative estimate of drug-likeness (QED) is 0.863. The van der Waals surface area contributed by atoms with Gasteiger partial charge < -0.3 is 9.52 Å². The molecule has 0 bridgehead atoms. The Morgan fingerprint density at radius 2 is 1.88 bits per heavy atom. The van der Waals surface area contributed by atoms with Crippen LogP contribution in [0.1, 0.15) is 34.3 Å². The van der Waals surface area contributed by atoms with Gasteiger partial charge in [0.1, 0.15) is 23.4 Å². The minimum absolute atomic E-state index is 0.282. The second-order valence-corrected chi connectivity index (χ2v) is 4.33.